The number of benzene rings is 1. The maximum Gasteiger partial charge on any atom is 0.325 e. The minimum atomic E-state index is -0.679. The highest BCUT2D eigenvalue weighted by atomic mass is 32.1. The van der Waals surface area contributed by atoms with Crippen LogP contribution in [0.3, 0.4) is 0 Å². The average Bonchev–Trinajstić information content (AvgIpc) is 3.22. The van der Waals surface area contributed by atoms with Gasteiger partial charge in [-0.1, -0.05) is 52.0 Å². The molecule has 1 aromatic carbocycles. The third-order valence-corrected chi connectivity index (χ3v) is 10.6. The molecule has 0 spiro atoms. The summed E-state index contributed by atoms with van der Waals surface area (Å²) >= 11 is 5.41. The lowest BCUT2D eigenvalue weighted by Gasteiger charge is -2.61. The second kappa shape index (κ2) is 10.1. The number of ether oxygens (including phenoxy) is 1. The topological polar surface area (TPSA) is 87.7 Å². The van der Waals surface area contributed by atoms with Crippen molar-refractivity contribution in [2.45, 2.75) is 78.9 Å². The van der Waals surface area contributed by atoms with E-state index in [4.69, 9.17) is 17.0 Å². The lowest BCUT2D eigenvalue weighted by molar-refractivity contribution is -0.206. The molecule has 0 unspecified atom stereocenters. The van der Waals surface area contributed by atoms with Gasteiger partial charge in [0.1, 0.15) is 18.4 Å². The molecule has 6 nitrogen and oxygen atoms in total. The van der Waals surface area contributed by atoms with Crippen LogP contribution in [0.5, 0.6) is 0 Å². The molecule has 0 aromatic heterocycles. The van der Waals surface area contributed by atoms with Crippen LogP contribution in [0.1, 0.15) is 65.4 Å². The van der Waals surface area contributed by atoms with Crippen LogP contribution >= 0.6 is 12.2 Å². The van der Waals surface area contributed by atoms with Crippen molar-refractivity contribution in [2.75, 3.05) is 11.9 Å². The summed E-state index contributed by atoms with van der Waals surface area (Å²) in [4.78, 5) is 26.7. The van der Waals surface area contributed by atoms with Crippen LogP contribution < -0.4 is 10.6 Å². The molecule has 3 saturated carbocycles. The molecule has 37 heavy (non-hydrogen) atoms. The molecule has 202 valence electrons. The van der Waals surface area contributed by atoms with Gasteiger partial charge in [0.2, 0.25) is 0 Å². The normalized spacial score (nSPS) is 39.1. The van der Waals surface area contributed by atoms with Gasteiger partial charge in [-0.05, 0) is 73.7 Å². The van der Waals surface area contributed by atoms with Crippen LogP contribution in [0.25, 0.3) is 0 Å². The number of aryl methyl sites for hydroxylation is 1. The predicted molar refractivity (Wildman–Crippen MR) is 150 cm³/mol. The van der Waals surface area contributed by atoms with Crippen molar-refractivity contribution in [3.05, 3.63) is 42.5 Å². The minimum absolute atomic E-state index is 0.0537. The number of carbonyl (C=O) groups excluding carboxylic acids is 2. The van der Waals surface area contributed by atoms with Crippen molar-refractivity contribution in [1.82, 2.24) is 5.32 Å². The first-order valence-electron chi connectivity index (χ1n) is 13.5. The van der Waals surface area contributed by atoms with Crippen molar-refractivity contribution in [2.24, 2.45) is 34.0 Å². The van der Waals surface area contributed by atoms with E-state index in [0.29, 0.717) is 18.0 Å². The second-order valence-electron chi connectivity index (χ2n) is 12.2. The van der Waals surface area contributed by atoms with Crippen molar-refractivity contribution >= 4 is 34.8 Å². The van der Waals surface area contributed by atoms with Crippen LogP contribution in [0.4, 0.5) is 5.69 Å². The number of carbonyl (C=O) groups is 2. The minimum Gasteiger partial charge on any atom is -0.460 e. The van der Waals surface area contributed by atoms with E-state index < -0.39 is 29.0 Å². The Morgan fingerprint density at radius 1 is 1.27 bits per heavy atom. The Morgan fingerprint density at radius 3 is 2.65 bits per heavy atom. The van der Waals surface area contributed by atoms with Gasteiger partial charge in [0.05, 0.1) is 6.10 Å². The number of hydrogen-bond acceptors (Lipinski definition) is 5. The molecule has 0 radical (unpaired) electrons. The Kier molecular flexibility index (Phi) is 7.61. The zero-order valence-corrected chi connectivity index (χ0v) is 23.6. The van der Waals surface area contributed by atoms with Crippen molar-refractivity contribution < 1.29 is 19.4 Å². The molecule has 2 bridgehead atoms. The summed E-state index contributed by atoms with van der Waals surface area (Å²) in [5.41, 5.74) is 0.452. The molecule has 3 aliphatic rings. The maximum atomic E-state index is 13.5. The molecule has 0 aliphatic heterocycles. The highest BCUT2D eigenvalue weighted by molar-refractivity contribution is 7.80. The summed E-state index contributed by atoms with van der Waals surface area (Å²) in [5.74, 6) is -0.278. The van der Waals surface area contributed by atoms with Gasteiger partial charge < -0.3 is 20.5 Å². The molecule has 3 aliphatic carbocycles. The average molecular weight is 527 g/mol. The van der Waals surface area contributed by atoms with E-state index in [-0.39, 0.29) is 35.5 Å². The number of aliphatic hydroxyl groups excluding tert-OH is 1. The number of thiocarbonyl (C=S) groups is 1. The number of rotatable bonds is 5. The number of ketones is 1. The smallest absolute Gasteiger partial charge is 0.325 e. The van der Waals surface area contributed by atoms with Crippen LogP contribution in [-0.4, -0.2) is 40.7 Å². The zero-order valence-electron chi connectivity index (χ0n) is 22.8. The number of Topliss-reactive ketones (excluding diaryl/α,β-unsaturated/α-hetero) is 1. The van der Waals surface area contributed by atoms with Gasteiger partial charge in [-0.2, -0.15) is 0 Å². The Bertz CT molecular complexity index is 1090. The van der Waals surface area contributed by atoms with E-state index in [1.54, 1.807) is 0 Å². The summed E-state index contributed by atoms with van der Waals surface area (Å²) in [6.07, 6.45) is 4.17. The van der Waals surface area contributed by atoms with E-state index in [2.05, 4.69) is 38.0 Å². The van der Waals surface area contributed by atoms with E-state index in [0.717, 1.165) is 30.5 Å². The number of anilines is 1. The highest BCUT2D eigenvalue weighted by Crippen LogP contribution is 2.67. The van der Waals surface area contributed by atoms with Crippen LogP contribution in [0.15, 0.2) is 36.9 Å². The Hall–Kier alpha value is -2.25. The fourth-order valence-corrected chi connectivity index (χ4v) is 7.92. The number of hydrogen-bond donors (Lipinski definition) is 3. The SMILES string of the molecule is C=C[C@]1(C)C[C@@H](OC(=O)CNC(=S)Nc2ccccc2C)[C@]2(C)[C@H](C)CC[C@]3(CCC(=O)[C@H]32)[C@@H](C)[C@@H]1O. The van der Waals surface area contributed by atoms with Gasteiger partial charge in [-0.15, -0.1) is 6.58 Å². The van der Waals surface area contributed by atoms with E-state index in [9.17, 15) is 14.7 Å². The van der Waals surface area contributed by atoms with Crippen molar-refractivity contribution in [1.29, 1.82) is 0 Å². The monoisotopic (exact) mass is 526 g/mol. The number of esters is 1. The molecule has 0 amide bonds. The van der Waals surface area contributed by atoms with Crippen molar-refractivity contribution in [3.8, 4) is 0 Å². The summed E-state index contributed by atoms with van der Waals surface area (Å²) in [6, 6.07) is 7.78. The second-order valence-corrected chi connectivity index (χ2v) is 12.6. The Balaban J connectivity index is 1.58. The first kappa shape index (κ1) is 27.8. The predicted octanol–water partition coefficient (Wildman–Crippen LogP) is 5.19. The fraction of sp³-hybridized carbons (Fsp3) is 0.633. The first-order valence-corrected chi connectivity index (χ1v) is 13.9. The van der Waals surface area contributed by atoms with Gasteiger partial charge >= 0.3 is 5.97 Å². The maximum absolute atomic E-state index is 13.5. The summed E-state index contributed by atoms with van der Waals surface area (Å²) < 4.78 is 6.24. The molecule has 0 heterocycles. The molecule has 8 atom stereocenters. The van der Waals surface area contributed by atoms with Crippen molar-refractivity contribution in [3.63, 3.8) is 0 Å². The third-order valence-electron chi connectivity index (χ3n) is 10.4. The van der Waals surface area contributed by atoms with Gasteiger partial charge in [0, 0.05) is 28.9 Å². The molecular formula is C30H42N2O4S. The molecular weight excluding hydrogens is 484 g/mol. The van der Waals surface area contributed by atoms with E-state index in [1.807, 2.05) is 44.2 Å². The van der Waals surface area contributed by atoms with Gasteiger partial charge in [0.25, 0.3) is 0 Å². The Morgan fingerprint density at radius 2 is 1.97 bits per heavy atom. The lowest BCUT2D eigenvalue weighted by atomic mass is 9.44. The number of aliphatic hydroxyl groups is 1. The van der Waals surface area contributed by atoms with Gasteiger partial charge in [-0.25, -0.2) is 0 Å². The molecule has 0 saturated heterocycles. The fourth-order valence-electron chi connectivity index (χ4n) is 7.73. The van der Waals surface area contributed by atoms with Crippen LogP contribution in [0.2, 0.25) is 0 Å². The first-order chi connectivity index (χ1) is 17.4. The largest absolute Gasteiger partial charge is 0.460 e. The zero-order chi connectivity index (χ0) is 27.2. The van der Waals surface area contributed by atoms with Gasteiger partial charge in [0.15, 0.2) is 5.11 Å². The van der Waals surface area contributed by atoms with Crippen LogP contribution in [0, 0.1) is 40.9 Å². The molecule has 1 aromatic rings. The van der Waals surface area contributed by atoms with Gasteiger partial charge in [-0.3, -0.25) is 9.59 Å². The van der Waals surface area contributed by atoms with E-state index in [1.165, 1.54) is 0 Å². The highest BCUT2D eigenvalue weighted by Gasteiger charge is 2.68. The quantitative estimate of drug-likeness (QED) is 0.277. The summed E-state index contributed by atoms with van der Waals surface area (Å²) in [5, 5.41) is 18.1. The van der Waals surface area contributed by atoms with E-state index >= 15 is 0 Å². The summed E-state index contributed by atoms with van der Waals surface area (Å²) in [6.45, 7) is 14.4. The lowest BCUT2D eigenvalue weighted by Crippen LogP contribution is -2.63. The molecule has 4 rings (SSSR count). The molecule has 3 N–H and O–H groups in total. The standard InChI is InChI=1S/C30H42N2O4S/c1-7-28(5)16-23(36-24(34)17-31-27(37)32-21-11-9-8-10-18(21)2)29(6)19(3)12-14-30(20(4)26(28)35)15-13-22(33)25(29)30/h7-11,19-20,23,25-26,35H,1,12-17H2,2-6H3,(H2,31,32,37)/t19-,20+,23-,25+,26+,28-,29+,30+/m1/s1. The van der Waals surface area contributed by atoms with Crippen LogP contribution in [-0.2, 0) is 14.3 Å². The third kappa shape index (κ3) is 4.63. The number of para-hydroxylation sites is 1. The molecule has 3 fully saturated rings. The Labute approximate surface area is 226 Å². The molecule has 7 heteroatoms. The number of nitrogens with one attached hydrogen (secondary N) is 2. The summed E-state index contributed by atoms with van der Waals surface area (Å²) in [7, 11) is 0.